The van der Waals surface area contributed by atoms with E-state index in [0.29, 0.717) is 12.8 Å². The predicted molar refractivity (Wildman–Crippen MR) is 56.2 cm³/mol. The molecule has 1 aliphatic rings. The third kappa shape index (κ3) is 4.53. The van der Waals surface area contributed by atoms with Crippen molar-refractivity contribution in [2.75, 3.05) is 6.54 Å². The monoisotopic (exact) mass is 253 g/mol. The fraction of sp³-hybridized carbons (Fsp3) is 0.909. The summed E-state index contributed by atoms with van der Waals surface area (Å²) in [5, 5.41) is 11.5. The number of aliphatic hydroxyl groups excluding tert-OH is 1. The van der Waals surface area contributed by atoms with Gasteiger partial charge in [0.15, 0.2) is 0 Å². The Morgan fingerprint density at radius 3 is 2.65 bits per heavy atom. The van der Waals surface area contributed by atoms with Gasteiger partial charge in [0.25, 0.3) is 0 Å². The molecule has 1 aliphatic carbocycles. The lowest BCUT2D eigenvalue weighted by Crippen LogP contribution is -2.39. The SMILES string of the molecule is CC(O)CNC(=O)C1CCCC(C(F)(F)F)C1. The van der Waals surface area contributed by atoms with Crippen LogP contribution in [0.25, 0.3) is 0 Å². The van der Waals surface area contributed by atoms with Crippen LogP contribution in [-0.2, 0) is 4.79 Å². The van der Waals surface area contributed by atoms with Gasteiger partial charge in [-0.25, -0.2) is 0 Å². The topological polar surface area (TPSA) is 49.3 Å². The highest BCUT2D eigenvalue weighted by atomic mass is 19.4. The van der Waals surface area contributed by atoms with Gasteiger partial charge in [0.05, 0.1) is 12.0 Å². The minimum absolute atomic E-state index is 0.0893. The normalized spacial score (nSPS) is 27.6. The molecule has 3 atom stereocenters. The predicted octanol–water partition coefficient (Wildman–Crippen LogP) is 1.85. The molecule has 0 saturated heterocycles. The van der Waals surface area contributed by atoms with Crippen molar-refractivity contribution in [3.05, 3.63) is 0 Å². The van der Waals surface area contributed by atoms with Crippen LogP contribution in [0.4, 0.5) is 13.2 Å². The van der Waals surface area contributed by atoms with Crippen LogP contribution in [-0.4, -0.2) is 29.8 Å². The van der Waals surface area contributed by atoms with E-state index < -0.39 is 24.1 Å². The summed E-state index contributed by atoms with van der Waals surface area (Å²) >= 11 is 0. The van der Waals surface area contributed by atoms with Crippen LogP contribution in [0.1, 0.15) is 32.6 Å². The number of halogens is 3. The molecule has 0 heterocycles. The second-order valence-corrected chi connectivity index (χ2v) is 4.70. The first-order valence-corrected chi connectivity index (χ1v) is 5.83. The lowest BCUT2D eigenvalue weighted by Gasteiger charge is -2.29. The molecule has 3 nitrogen and oxygen atoms in total. The lowest BCUT2D eigenvalue weighted by molar-refractivity contribution is -0.186. The first kappa shape index (κ1) is 14.3. The molecule has 0 aromatic rings. The van der Waals surface area contributed by atoms with Crippen molar-refractivity contribution in [1.82, 2.24) is 5.32 Å². The van der Waals surface area contributed by atoms with Crippen LogP contribution in [0.5, 0.6) is 0 Å². The third-order valence-corrected chi connectivity index (χ3v) is 3.08. The summed E-state index contributed by atoms with van der Waals surface area (Å²) in [6.07, 6.45) is -3.97. The minimum atomic E-state index is -4.21. The fourth-order valence-electron chi connectivity index (χ4n) is 2.12. The van der Waals surface area contributed by atoms with E-state index in [0.717, 1.165) is 0 Å². The van der Waals surface area contributed by atoms with Crippen molar-refractivity contribution >= 4 is 5.91 Å². The van der Waals surface area contributed by atoms with Gasteiger partial charge in [-0.05, 0) is 26.2 Å². The molecule has 1 saturated carbocycles. The average Bonchev–Trinajstić information content (AvgIpc) is 2.25. The van der Waals surface area contributed by atoms with Crippen LogP contribution in [0.3, 0.4) is 0 Å². The van der Waals surface area contributed by atoms with E-state index in [9.17, 15) is 18.0 Å². The van der Waals surface area contributed by atoms with Crippen molar-refractivity contribution in [2.45, 2.75) is 44.9 Å². The molecule has 3 unspecified atom stereocenters. The highest BCUT2D eigenvalue weighted by Crippen LogP contribution is 2.39. The van der Waals surface area contributed by atoms with Crippen LogP contribution in [0.15, 0.2) is 0 Å². The molecule has 1 fully saturated rings. The van der Waals surface area contributed by atoms with Crippen LogP contribution in [0, 0.1) is 11.8 Å². The number of alkyl halides is 3. The quantitative estimate of drug-likeness (QED) is 0.806. The van der Waals surface area contributed by atoms with Crippen LogP contribution in [0.2, 0.25) is 0 Å². The molecule has 0 radical (unpaired) electrons. The molecule has 0 aromatic heterocycles. The van der Waals surface area contributed by atoms with Crippen molar-refractivity contribution in [2.24, 2.45) is 11.8 Å². The van der Waals surface area contributed by atoms with Gasteiger partial charge in [-0.15, -0.1) is 0 Å². The van der Waals surface area contributed by atoms with Gasteiger partial charge in [-0.1, -0.05) is 6.42 Å². The zero-order valence-electron chi connectivity index (χ0n) is 9.76. The maximum Gasteiger partial charge on any atom is 0.391 e. The van der Waals surface area contributed by atoms with Gasteiger partial charge < -0.3 is 10.4 Å². The minimum Gasteiger partial charge on any atom is -0.392 e. The average molecular weight is 253 g/mol. The van der Waals surface area contributed by atoms with E-state index in [1.54, 1.807) is 0 Å². The van der Waals surface area contributed by atoms with Crippen molar-refractivity contribution in [3.8, 4) is 0 Å². The Balaban J connectivity index is 2.46. The number of nitrogens with one attached hydrogen (secondary N) is 1. The van der Waals surface area contributed by atoms with Crippen molar-refractivity contribution in [1.29, 1.82) is 0 Å². The summed E-state index contributed by atoms with van der Waals surface area (Å²) in [4.78, 5) is 11.6. The number of hydrogen-bond donors (Lipinski definition) is 2. The number of amides is 1. The van der Waals surface area contributed by atoms with E-state index >= 15 is 0 Å². The zero-order valence-corrected chi connectivity index (χ0v) is 9.76. The maximum absolute atomic E-state index is 12.5. The molecule has 1 amide bonds. The van der Waals surface area contributed by atoms with Gasteiger partial charge >= 0.3 is 6.18 Å². The second-order valence-electron chi connectivity index (χ2n) is 4.70. The molecule has 1 rings (SSSR count). The first-order valence-electron chi connectivity index (χ1n) is 5.83. The molecule has 17 heavy (non-hydrogen) atoms. The van der Waals surface area contributed by atoms with Crippen LogP contribution < -0.4 is 5.32 Å². The highest BCUT2D eigenvalue weighted by molar-refractivity contribution is 5.78. The molecule has 100 valence electrons. The number of carbonyl (C=O) groups excluding carboxylic acids is 1. The Hall–Kier alpha value is -0.780. The second kappa shape index (κ2) is 5.71. The summed E-state index contributed by atoms with van der Waals surface area (Å²) in [7, 11) is 0. The summed E-state index contributed by atoms with van der Waals surface area (Å²) in [6, 6.07) is 0. The molecule has 0 spiro atoms. The Bertz CT molecular complexity index is 266. The third-order valence-electron chi connectivity index (χ3n) is 3.08. The number of aliphatic hydroxyl groups is 1. The van der Waals surface area contributed by atoms with E-state index in [2.05, 4.69) is 5.32 Å². The molecule has 0 aliphatic heterocycles. The molecule has 0 aromatic carbocycles. The molecular weight excluding hydrogens is 235 g/mol. The molecule has 0 bridgehead atoms. The first-order chi connectivity index (χ1) is 7.80. The summed E-state index contributed by atoms with van der Waals surface area (Å²) < 4.78 is 37.6. The van der Waals surface area contributed by atoms with E-state index in [4.69, 9.17) is 5.11 Å². The maximum atomic E-state index is 12.5. The highest BCUT2D eigenvalue weighted by Gasteiger charge is 2.43. The van der Waals surface area contributed by atoms with E-state index in [-0.39, 0.29) is 25.3 Å². The number of carbonyl (C=O) groups is 1. The van der Waals surface area contributed by atoms with Gasteiger partial charge in [0, 0.05) is 12.5 Å². The Morgan fingerprint density at radius 1 is 1.47 bits per heavy atom. The summed E-state index contributed by atoms with van der Waals surface area (Å²) in [5.41, 5.74) is 0. The number of hydrogen-bond acceptors (Lipinski definition) is 2. The Morgan fingerprint density at radius 2 is 2.12 bits per heavy atom. The summed E-state index contributed by atoms with van der Waals surface area (Å²) in [6.45, 7) is 1.60. The lowest BCUT2D eigenvalue weighted by atomic mass is 9.80. The standard InChI is InChI=1S/C11H18F3NO2/c1-7(16)6-15-10(17)8-3-2-4-9(5-8)11(12,13)14/h7-9,16H,2-6H2,1H3,(H,15,17). The van der Waals surface area contributed by atoms with Gasteiger partial charge in [0.2, 0.25) is 5.91 Å². The summed E-state index contributed by atoms with van der Waals surface area (Å²) in [5.74, 6) is -2.31. The van der Waals surface area contributed by atoms with E-state index in [1.165, 1.54) is 6.92 Å². The zero-order chi connectivity index (χ0) is 13.1. The van der Waals surface area contributed by atoms with Crippen molar-refractivity contribution in [3.63, 3.8) is 0 Å². The van der Waals surface area contributed by atoms with Gasteiger partial charge in [-0.3, -0.25) is 4.79 Å². The van der Waals surface area contributed by atoms with Crippen LogP contribution >= 0.6 is 0 Å². The largest absolute Gasteiger partial charge is 0.392 e. The fourth-order valence-corrected chi connectivity index (χ4v) is 2.12. The Labute approximate surface area is 98.4 Å². The molecule has 2 N–H and O–H groups in total. The molecule has 6 heteroatoms. The van der Waals surface area contributed by atoms with Gasteiger partial charge in [0.1, 0.15) is 0 Å². The Kier molecular flexibility index (Phi) is 4.80. The molecular formula is C11H18F3NO2. The van der Waals surface area contributed by atoms with Crippen molar-refractivity contribution < 1.29 is 23.1 Å². The number of rotatable bonds is 3. The van der Waals surface area contributed by atoms with Gasteiger partial charge in [-0.2, -0.15) is 13.2 Å². The van der Waals surface area contributed by atoms with E-state index in [1.807, 2.05) is 0 Å². The smallest absolute Gasteiger partial charge is 0.391 e.